The van der Waals surface area contributed by atoms with Gasteiger partial charge in [-0.05, 0) is 38.6 Å². The standard InChI is InChI=1S/C40H80N4O3/c1-3-5-7-9-11-13-17-21-25-29-35-42-38(45)33-32-37(44-39(46)31-27-23-19-15-16-20-24-28-34-41)40(47)43-36-30-26-22-18-14-12-10-8-6-4-2/h37H,3-36,41H2,1-2H3,(H,42,45)(H,43,47)(H,44,46)/t37-/m0/s1. The largest absolute Gasteiger partial charge is 0.356 e. The number of nitrogens with two attached hydrogens (primary N) is 1. The van der Waals surface area contributed by atoms with Crippen LogP contribution in [0.5, 0.6) is 0 Å². The minimum Gasteiger partial charge on any atom is -0.356 e. The van der Waals surface area contributed by atoms with Crippen molar-refractivity contribution in [3.05, 3.63) is 0 Å². The fourth-order valence-electron chi connectivity index (χ4n) is 6.18. The van der Waals surface area contributed by atoms with E-state index in [1.165, 1.54) is 128 Å². The molecule has 47 heavy (non-hydrogen) atoms. The molecule has 0 aromatic rings. The Kier molecular flexibility index (Phi) is 35.9. The number of hydrogen-bond donors (Lipinski definition) is 4. The first kappa shape index (κ1) is 45.4. The van der Waals surface area contributed by atoms with Crippen molar-refractivity contribution in [1.29, 1.82) is 0 Å². The van der Waals surface area contributed by atoms with Gasteiger partial charge in [0.2, 0.25) is 17.7 Å². The maximum Gasteiger partial charge on any atom is 0.242 e. The monoisotopic (exact) mass is 665 g/mol. The second-order valence-corrected chi connectivity index (χ2v) is 14.0. The predicted octanol–water partition coefficient (Wildman–Crippen LogP) is 9.80. The molecule has 1 atom stereocenters. The fourth-order valence-corrected chi connectivity index (χ4v) is 6.18. The lowest BCUT2D eigenvalue weighted by Crippen LogP contribution is -2.47. The van der Waals surface area contributed by atoms with Crippen molar-refractivity contribution in [3.8, 4) is 0 Å². The number of unbranched alkanes of at least 4 members (excludes halogenated alkanes) is 25. The van der Waals surface area contributed by atoms with Crippen LogP contribution in [0.3, 0.4) is 0 Å². The molecule has 3 amide bonds. The molecule has 0 aromatic heterocycles. The summed E-state index contributed by atoms with van der Waals surface area (Å²) in [4.78, 5) is 38.4. The first-order valence-corrected chi connectivity index (χ1v) is 20.6. The molecule has 0 unspecified atom stereocenters. The highest BCUT2D eigenvalue weighted by Gasteiger charge is 2.21. The van der Waals surface area contributed by atoms with E-state index in [-0.39, 0.29) is 24.1 Å². The number of rotatable bonds is 37. The van der Waals surface area contributed by atoms with Crippen LogP contribution in [0, 0.1) is 0 Å². The van der Waals surface area contributed by atoms with E-state index in [9.17, 15) is 14.4 Å². The molecule has 0 bridgehead atoms. The molecule has 0 heterocycles. The third-order valence-electron chi connectivity index (χ3n) is 9.35. The molecule has 5 N–H and O–H groups in total. The lowest BCUT2D eigenvalue weighted by atomic mass is 10.1. The van der Waals surface area contributed by atoms with Crippen LogP contribution < -0.4 is 21.7 Å². The summed E-state index contributed by atoms with van der Waals surface area (Å²) in [7, 11) is 0. The van der Waals surface area contributed by atoms with Crippen LogP contribution in [-0.2, 0) is 14.4 Å². The molecule has 0 rings (SSSR count). The second-order valence-electron chi connectivity index (χ2n) is 14.0. The number of carbonyl (C=O) groups excluding carboxylic acids is 3. The second kappa shape index (κ2) is 37.2. The highest BCUT2D eigenvalue weighted by atomic mass is 16.2. The zero-order chi connectivity index (χ0) is 34.5. The minimum absolute atomic E-state index is 0.0332. The van der Waals surface area contributed by atoms with Crippen LogP contribution in [0.15, 0.2) is 0 Å². The number of carbonyl (C=O) groups is 3. The third-order valence-corrected chi connectivity index (χ3v) is 9.35. The summed E-state index contributed by atoms with van der Waals surface area (Å²) in [5.74, 6) is -0.277. The molecular weight excluding hydrogens is 584 g/mol. The third kappa shape index (κ3) is 34.0. The Labute approximate surface area is 291 Å². The van der Waals surface area contributed by atoms with Gasteiger partial charge < -0.3 is 21.7 Å². The average Bonchev–Trinajstić information content (AvgIpc) is 3.07. The van der Waals surface area contributed by atoms with Gasteiger partial charge in [-0.3, -0.25) is 14.4 Å². The van der Waals surface area contributed by atoms with Crippen molar-refractivity contribution < 1.29 is 14.4 Å². The van der Waals surface area contributed by atoms with Crippen LogP contribution in [0.25, 0.3) is 0 Å². The van der Waals surface area contributed by atoms with Gasteiger partial charge in [-0.25, -0.2) is 0 Å². The van der Waals surface area contributed by atoms with Crippen molar-refractivity contribution in [2.75, 3.05) is 19.6 Å². The topological polar surface area (TPSA) is 113 Å². The van der Waals surface area contributed by atoms with E-state index >= 15 is 0 Å². The summed E-state index contributed by atoms with van der Waals surface area (Å²) >= 11 is 0. The van der Waals surface area contributed by atoms with E-state index in [2.05, 4.69) is 29.8 Å². The Morgan fingerprint density at radius 2 is 0.830 bits per heavy atom. The molecular formula is C40H80N4O3. The van der Waals surface area contributed by atoms with Gasteiger partial charge in [-0.1, -0.05) is 168 Å². The Morgan fingerprint density at radius 3 is 1.28 bits per heavy atom. The molecule has 7 nitrogen and oxygen atoms in total. The number of amides is 3. The summed E-state index contributed by atoms with van der Waals surface area (Å²) in [6.45, 7) is 6.59. The molecule has 0 fully saturated rings. The normalized spacial score (nSPS) is 11.8. The lowest BCUT2D eigenvalue weighted by Gasteiger charge is -2.18. The number of nitrogens with one attached hydrogen (secondary N) is 3. The molecule has 0 aliphatic carbocycles. The molecule has 0 saturated heterocycles. The SMILES string of the molecule is CCCCCCCCCCCCNC(=O)CC[C@H](NC(=O)CCCCCCCCCCN)C(=O)NCCCCCCCCCCCC. The maximum atomic E-state index is 13.1. The van der Waals surface area contributed by atoms with Crippen LogP contribution in [0.1, 0.15) is 213 Å². The number of hydrogen-bond acceptors (Lipinski definition) is 4. The zero-order valence-electron chi connectivity index (χ0n) is 31.4. The van der Waals surface area contributed by atoms with Crippen LogP contribution in [0.4, 0.5) is 0 Å². The Balaban J connectivity index is 4.35. The van der Waals surface area contributed by atoms with Crippen molar-refractivity contribution >= 4 is 17.7 Å². The van der Waals surface area contributed by atoms with E-state index in [0.717, 1.165) is 57.9 Å². The quantitative estimate of drug-likeness (QED) is 0.0495. The Bertz CT molecular complexity index is 703. The van der Waals surface area contributed by atoms with Crippen LogP contribution >= 0.6 is 0 Å². The van der Waals surface area contributed by atoms with Crippen molar-refractivity contribution in [2.24, 2.45) is 5.73 Å². The van der Waals surface area contributed by atoms with Gasteiger partial charge in [-0.2, -0.15) is 0 Å². The average molecular weight is 665 g/mol. The maximum absolute atomic E-state index is 13.1. The molecule has 0 saturated carbocycles. The Morgan fingerprint density at radius 1 is 0.447 bits per heavy atom. The zero-order valence-corrected chi connectivity index (χ0v) is 31.4. The van der Waals surface area contributed by atoms with E-state index in [0.29, 0.717) is 25.9 Å². The smallest absolute Gasteiger partial charge is 0.242 e. The Hall–Kier alpha value is -1.63. The van der Waals surface area contributed by atoms with Crippen LogP contribution in [-0.4, -0.2) is 43.4 Å². The lowest BCUT2D eigenvalue weighted by molar-refractivity contribution is -0.129. The van der Waals surface area contributed by atoms with Gasteiger partial charge in [0, 0.05) is 25.9 Å². The molecule has 0 aliphatic heterocycles. The van der Waals surface area contributed by atoms with Gasteiger partial charge in [0.25, 0.3) is 0 Å². The van der Waals surface area contributed by atoms with E-state index in [1.807, 2.05) is 0 Å². The summed E-state index contributed by atoms with van der Waals surface area (Å²) < 4.78 is 0. The summed E-state index contributed by atoms with van der Waals surface area (Å²) in [6.07, 6.45) is 35.2. The predicted molar refractivity (Wildman–Crippen MR) is 201 cm³/mol. The van der Waals surface area contributed by atoms with E-state index < -0.39 is 6.04 Å². The summed E-state index contributed by atoms with van der Waals surface area (Å²) in [5, 5.41) is 9.02. The van der Waals surface area contributed by atoms with Gasteiger partial charge >= 0.3 is 0 Å². The minimum atomic E-state index is -0.656. The molecule has 0 aliphatic rings. The van der Waals surface area contributed by atoms with Gasteiger partial charge in [-0.15, -0.1) is 0 Å². The van der Waals surface area contributed by atoms with Crippen molar-refractivity contribution in [3.63, 3.8) is 0 Å². The van der Waals surface area contributed by atoms with Crippen molar-refractivity contribution in [2.45, 2.75) is 219 Å². The molecule has 7 heteroatoms. The first-order valence-electron chi connectivity index (χ1n) is 20.6. The highest BCUT2D eigenvalue weighted by molar-refractivity contribution is 5.88. The van der Waals surface area contributed by atoms with Gasteiger partial charge in [0.1, 0.15) is 6.04 Å². The molecule has 278 valence electrons. The first-order chi connectivity index (χ1) is 23.0. The van der Waals surface area contributed by atoms with E-state index in [1.54, 1.807) is 0 Å². The molecule has 0 spiro atoms. The van der Waals surface area contributed by atoms with Gasteiger partial charge in [0.05, 0.1) is 0 Å². The summed E-state index contributed by atoms with van der Waals surface area (Å²) in [6, 6.07) is -0.656. The van der Waals surface area contributed by atoms with Crippen LogP contribution in [0.2, 0.25) is 0 Å². The molecule has 0 aromatic carbocycles. The fraction of sp³-hybridized carbons (Fsp3) is 0.925. The summed E-state index contributed by atoms with van der Waals surface area (Å²) in [5.41, 5.74) is 5.56. The van der Waals surface area contributed by atoms with E-state index in [4.69, 9.17) is 5.73 Å². The van der Waals surface area contributed by atoms with Crippen molar-refractivity contribution in [1.82, 2.24) is 16.0 Å². The molecule has 0 radical (unpaired) electrons. The highest BCUT2D eigenvalue weighted by Crippen LogP contribution is 2.12. The van der Waals surface area contributed by atoms with Gasteiger partial charge in [0.15, 0.2) is 0 Å².